The van der Waals surface area contributed by atoms with E-state index in [0.29, 0.717) is 6.54 Å². The van der Waals surface area contributed by atoms with E-state index in [1.54, 1.807) is 19.2 Å². The molecule has 0 amide bonds. The normalized spacial score (nSPS) is 12.3. The molecule has 0 aliphatic heterocycles. The van der Waals surface area contributed by atoms with E-state index in [0.717, 1.165) is 5.69 Å². The minimum atomic E-state index is -0.590. The second-order valence-corrected chi connectivity index (χ2v) is 4.31. The Labute approximate surface area is 109 Å². The van der Waals surface area contributed by atoms with Crippen LogP contribution in [0, 0.1) is 0 Å². The van der Waals surface area contributed by atoms with Gasteiger partial charge in [-0.1, -0.05) is 6.07 Å². The Kier molecular flexibility index (Phi) is 3.91. The van der Waals surface area contributed by atoms with E-state index in [1.165, 1.54) is 0 Å². The zero-order valence-corrected chi connectivity index (χ0v) is 10.5. The minimum absolute atomic E-state index is 0.225. The van der Waals surface area contributed by atoms with Crippen molar-refractivity contribution in [3.05, 3.63) is 50.5 Å². The van der Waals surface area contributed by atoms with Crippen molar-refractivity contribution in [2.75, 3.05) is 17.2 Å². The topological polar surface area (TPSA) is 91.3 Å². The fraction of sp³-hybridized carbons (Fsp3) is 0.308. The maximum atomic E-state index is 11.4. The van der Waals surface area contributed by atoms with E-state index in [1.807, 2.05) is 12.1 Å². The fourth-order valence-corrected chi connectivity index (χ4v) is 1.66. The van der Waals surface area contributed by atoms with Gasteiger partial charge in [0, 0.05) is 12.7 Å². The lowest BCUT2D eigenvalue weighted by Gasteiger charge is -2.15. The smallest absolute Gasteiger partial charge is 0.253 e. The maximum Gasteiger partial charge on any atom is 0.253 e. The van der Waals surface area contributed by atoms with Crippen LogP contribution in [-0.2, 0) is 6.54 Å². The number of hydrogen-bond donors (Lipinski definition) is 3. The molecule has 1 atom stereocenters. The van der Waals surface area contributed by atoms with E-state index in [9.17, 15) is 9.59 Å². The van der Waals surface area contributed by atoms with Gasteiger partial charge in [-0.25, -0.2) is 0 Å². The van der Waals surface area contributed by atoms with E-state index in [2.05, 4.69) is 15.6 Å². The summed E-state index contributed by atoms with van der Waals surface area (Å²) in [6, 6.07) is 5.47. The maximum absolute atomic E-state index is 11.4. The van der Waals surface area contributed by atoms with Crippen molar-refractivity contribution in [1.29, 1.82) is 0 Å². The molecule has 6 nitrogen and oxygen atoms in total. The summed E-state index contributed by atoms with van der Waals surface area (Å²) in [5.74, 6) is 0. The van der Waals surface area contributed by atoms with Crippen molar-refractivity contribution < 1.29 is 5.11 Å². The molecule has 0 fully saturated rings. The van der Waals surface area contributed by atoms with Gasteiger partial charge in [0.25, 0.3) is 10.9 Å². The molecule has 0 spiro atoms. The van der Waals surface area contributed by atoms with Gasteiger partial charge in [-0.05, 0) is 19.1 Å². The third-order valence-electron chi connectivity index (χ3n) is 2.66. The first-order chi connectivity index (χ1) is 9.09. The monoisotopic (exact) mass is 261 g/mol. The van der Waals surface area contributed by atoms with Crippen molar-refractivity contribution in [1.82, 2.24) is 4.98 Å². The van der Waals surface area contributed by atoms with Crippen molar-refractivity contribution in [3.8, 4) is 0 Å². The predicted molar refractivity (Wildman–Crippen MR) is 73.1 cm³/mol. The van der Waals surface area contributed by atoms with Crippen LogP contribution in [0.15, 0.2) is 34.0 Å². The predicted octanol–water partition coefficient (Wildman–Crippen LogP) is 0.0824. The number of aliphatic hydroxyl groups excluding tert-OH is 1. The Bertz CT molecular complexity index is 616. The Hall–Kier alpha value is -2.21. The first-order valence-corrected chi connectivity index (χ1v) is 5.98. The highest BCUT2D eigenvalue weighted by molar-refractivity contribution is 5.73. The standard InChI is InChI=1S/C13H15N3O3/c1-8(17)6-15-10-11(13(19)12(10)18)16-7-9-4-2-3-5-14-9/h2-5,8,15-17H,6-7H2,1H3/t8-/m0/s1. The summed E-state index contributed by atoms with van der Waals surface area (Å²) in [4.78, 5) is 26.9. The summed E-state index contributed by atoms with van der Waals surface area (Å²) in [6.45, 7) is 2.19. The highest BCUT2D eigenvalue weighted by Gasteiger charge is 2.20. The van der Waals surface area contributed by atoms with Crippen molar-refractivity contribution >= 4 is 11.4 Å². The molecule has 0 bridgehead atoms. The van der Waals surface area contributed by atoms with Crippen molar-refractivity contribution in [3.63, 3.8) is 0 Å². The lowest BCUT2D eigenvalue weighted by Crippen LogP contribution is -2.38. The molecule has 0 aliphatic carbocycles. The van der Waals surface area contributed by atoms with Gasteiger partial charge in [0.05, 0.1) is 18.3 Å². The third-order valence-corrected chi connectivity index (χ3v) is 2.66. The second kappa shape index (κ2) is 5.62. The van der Waals surface area contributed by atoms with E-state index >= 15 is 0 Å². The number of hydrogen-bond acceptors (Lipinski definition) is 6. The average molecular weight is 261 g/mol. The highest BCUT2D eigenvalue weighted by Crippen LogP contribution is 2.15. The highest BCUT2D eigenvalue weighted by atomic mass is 16.3. The van der Waals surface area contributed by atoms with Crippen molar-refractivity contribution in [2.24, 2.45) is 0 Å². The van der Waals surface area contributed by atoms with Crippen molar-refractivity contribution in [2.45, 2.75) is 19.6 Å². The first kappa shape index (κ1) is 13.2. The van der Waals surface area contributed by atoms with E-state index in [4.69, 9.17) is 5.11 Å². The zero-order chi connectivity index (χ0) is 13.8. The number of nitrogens with zero attached hydrogens (tertiary/aromatic N) is 1. The summed E-state index contributed by atoms with van der Waals surface area (Å²) >= 11 is 0. The molecule has 2 aromatic rings. The van der Waals surface area contributed by atoms with E-state index in [-0.39, 0.29) is 17.9 Å². The number of rotatable bonds is 6. The summed E-state index contributed by atoms with van der Waals surface area (Å²) in [5.41, 5.74) is 0.184. The summed E-state index contributed by atoms with van der Waals surface area (Å²) in [5, 5.41) is 14.8. The Balaban J connectivity index is 2.03. The molecule has 19 heavy (non-hydrogen) atoms. The molecule has 1 aromatic heterocycles. The lowest BCUT2D eigenvalue weighted by atomic mass is 10.2. The fourth-order valence-electron chi connectivity index (χ4n) is 1.66. The van der Waals surface area contributed by atoms with Crippen LogP contribution in [0.2, 0.25) is 0 Å². The van der Waals surface area contributed by atoms with Gasteiger partial charge in [0.2, 0.25) is 0 Å². The summed E-state index contributed by atoms with van der Waals surface area (Å²) in [7, 11) is 0. The summed E-state index contributed by atoms with van der Waals surface area (Å²) < 4.78 is 0. The third kappa shape index (κ3) is 2.97. The van der Waals surface area contributed by atoms with E-state index < -0.39 is 17.0 Å². The average Bonchev–Trinajstić information content (AvgIpc) is 2.42. The quantitative estimate of drug-likeness (QED) is 0.638. The van der Waals surface area contributed by atoms with Gasteiger partial charge in [0.1, 0.15) is 11.4 Å². The summed E-state index contributed by atoms with van der Waals surface area (Å²) in [6.07, 6.45) is 1.07. The zero-order valence-electron chi connectivity index (χ0n) is 10.5. The second-order valence-electron chi connectivity index (χ2n) is 4.31. The van der Waals surface area contributed by atoms with Crippen LogP contribution in [0.3, 0.4) is 0 Å². The van der Waals surface area contributed by atoms with Gasteiger partial charge in [-0.15, -0.1) is 0 Å². The molecule has 100 valence electrons. The van der Waals surface area contributed by atoms with Crippen LogP contribution in [0.25, 0.3) is 0 Å². The van der Waals surface area contributed by atoms with Crippen LogP contribution in [0.1, 0.15) is 12.6 Å². The van der Waals surface area contributed by atoms with Gasteiger partial charge >= 0.3 is 0 Å². The van der Waals surface area contributed by atoms with Gasteiger partial charge in [0.15, 0.2) is 0 Å². The largest absolute Gasteiger partial charge is 0.392 e. The molecule has 0 unspecified atom stereocenters. The molecule has 0 aliphatic rings. The Morgan fingerprint density at radius 3 is 2.47 bits per heavy atom. The molecule has 0 saturated heterocycles. The SMILES string of the molecule is C[C@H](O)CNc1c(NCc2ccccn2)c(=O)c1=O. The molecule has 0 radical (unpaired) electrons. The minimum Gasteiger partial charge on any atom is -0.392 e. The van der Waals surface area contributed by atoms with Crippen LogP contribution < -0.4 is 21.5 Å². The van der Waals surface area contributed by atoms with Crippen LogP contribution in [-0.4, -0.2) is 22.7 Å². The van der Waals surface area contributed by atoms with Crippen LogP contribution in [0.5, 0.6) is 0 Å². The number of aromatic nitrogens is 1. The Morgan fingerprint density at radius 2 is 1.89 bits per heavy atom. The number of nitrogens with one attached hydrogen (secondary N) is 2. The molecule has 3 N–H and O–H groups in total. The number of anilines is 2. The molecular formula is C13H15N3O3. The number of aliphatic hydroxyl groups is 1. The molecule has 0 saturated carbocycles. The molecule has 2 rings (SSSR count). The lowest BCUT2D eigenvalue weighted by molar-refractivity contribution is 0.208. The van der Waals surface area contributed by atoms with Crippen LogP contribution in [0.4, 0.5) is 11.4 Å². The molecular weight excluding hydrogens is 246 g/mol. The van der Waals surface area contributed by atoms with Gasteiger partial charge in [-0.2, -0.15) is 0 Å². The molecule has 6 heteroatoms. The molecule has 1 aromatic carbocycles. The Morgan fingerprint density at radius 1 is 1.21 bits per heavy atom. The molecule has 1 heterocycles. The number of pyridine rings is 1. The van der Waals surface area contributed by atoms with Gasteiger partial charge < -0.3 is 15.7 Å². The van der Waals surface area contributed by atoms with Crippen LogP contribution >= 0.6 is 0 Å². The van der Waals surface area contributed by atoms with Gasteiger partial charge in [-0.3, -0.25) is 14.6 Å². The first-order valence-electron chi connectivity index (χ1n) is 5.98.